The van der Waals surface area contributed by atoms with Crippen LogP contribution in [0.4, 0.5) is 0 Å². The van der Waals surface area contributed by atoms with Crippen LogP contribution in [0.1, 0.15) is 12.2 Å². The Kier molecular flexibility index (Phi) is 2.97. The minimum atomic E-state index is 0.701. The standard InChI is InChI=1S/C11H15N3O/c1-14-5-3-9(4-6-14)11-12-7-10(15-2)8-13-11/h3,7-8H,4-6H2,1-2H3. The molecule has 4 nitrogen and oxygen atoms in total. The van der Waals surface area contributed by atoms with E-state index in [2.05, 4.69) is 28.0 Å². The Morgan fingerprint density at radius 2 is 2.07 bits per heavy atom. The summed E-state index contributed by atoms with van der Waals surface area (Å²) in [5.74, 6) is 1.52. The number of methoxy groups -OCH3 is 1. The molecular formula is C11H15N3O. The van der Waals surface area contributed by atoms with Gasteiger partial charge in [0.25, 0.3) is 0 Å². The second-order valence-electron chi connectivity index (χ2n) is 3.69. The third-order valence-electron chi connectivity index (χ3n) is 2.56. The van der Waals surface area contributed by atoms with Crippen molar-refractivity contribution in [1.29, 1.82) is 0 Å². The molecule has 2 rings (SSSR count). The van der Waals surface area contributed by atoms with Crippen molar-refractivity contribution >= 4 is 5.57 Å². The first kappa shape index (κ1) is 10.1. The minimum Gasteiger partial charge on any atom is -0.494 e. The maximum Gasteiger partial charge on any atom is 0.155 e. The van der Waals surface area contributed by atoms with E-state index in [1.54, 1.807) is 19.5 Å². The lowest BCUT2D eigenvalue weighted by molar-refractivity contribution is 0.369. The molecule has 0 atom stereocenters. The summed E-state index contributed by atoms with van der Waals surface area (Å²) < 4.78 is 5.02. The molecule has 0 aromatic carbocycles. The van der Waals surface area contributed by atoms with Crippen LogP contribution < -0.4 is 4.74 Å². The molecule has 1 aliphatic heterocycles. The predicted molar refractivity (Wildman–Crippen MR) is 58.7 cm³/mol. The zero-order valence-corrected chi connectivity index (χ0v) is 9.10. The maximum atomic E-state index is 5.02. The van der Waals surface area contributed by atoms with Gasteiger partial charge < -0.3 is 9.64 Å². The van der Waals surface area contributed by atoms with Crippen LogP contribution in [0, 0.1) is 0 Å². The lowest BCUT2D eigenvalue weighted by Crippen LogP contribution is -2.24. The molecule has 1 aromatic rings. The molecule has 0 N–H and O–H groups in total. The quantitative estimate of drug-likeness (QED) is 0.727. The van der Waals surface area contributed by atoms with Crippen LogP contribution in [-0.2, 0) is 0 Å². The Balaban J connectivity index is 2.16. The monoisotopic (exact) mass is 205 g/mol. The fraction of sp³-hybridized carbons (Fsp3) is 0.455. The molecule has 1 aliphatic rings. The van der Waals surface area contributed by atoms with Gasteiger partial charge in [-0.25, -0.2) is 9.97 Å². The molecule has 2 heterocycles. The van der Waals surface area contributed by atoms with Gasteiger partial charge in [0.1, 0.15) is 0 Å². The Labute approximate surface area is 89.6 Å². The first-order valence-electron chi connectivity index (χ1n) is 5.03. The van der Waals surface area contributed by atoms with Crippen molar-refractivity contribution in [2.24, 2.45) is 0 Å². The number of hydrogen-bond acceptors (Lipinski definition) is 4. The van der Waals surface area contributed by atoms with E-state index in [1.807, 2.05) is 0 Å². The zero-order chi connectivity index (χ0) is 10.7. The van der Waals surface area contributed by atoms with Crippen LogP contribution in [0.3, 0.4) is 0 Å². The van der Waals surface area contributed by atoms with Gasteiger partial charge in [0.2, 0.25) is 0 Å². The molecule has 0 aliphatic carbocycles. The highest BCUT2D eigenvalue weighted by Crippen LogP contribution is 2.19. The number of likely N-dealkylation sites (N-methyl/N-ethyl adjacent to an activating group) is 1. The van der Waals surface area contributed by atoms with Crippen molar-refractivity contribution in [2.45, 2.75) is 6.42 Å². The molecule has 4 heteroatoms. The van der Waals surface area contributed by atoms with Crippen molar-refractivity contribution in [2.75, 3.05) is 27.2 Å². The number of hydrogen-bond donors (Lipinski definition) is 0. The highest BCUT2D eigenvalue weighted by Gasteiger charge is 2.11. The number of rotatable bonds is 2. The van der Waals surface area contributed by atoms with Crippen molar-refractivity contribution < 1.29 is 4.74 Å². The van der Waals surface area contributed by atoms with Gasteiger partial charge in [0.05, 0.1) is 19.5 Å². The summed E-state index contributed by atoms with van der Waals surface area (Å²) in [7, 11) is 3.73. The molecular weight excluding hydrogens is 190 g/mol. The second kappa shape index (κ2) is 4.40. The third kappa shape index (κ3) is 2.33. The Morgan fingerprint density at radius 3 is 2.60 bits per heavy atom. The van der Waals surface area contributed by atoms with Gasteiger partial charge in [-0.1, -0.05) is 6.08 Å². The van der Waals surface area contributed by atoms with Crippen LogP contribution >= 0.6 is 0 Å². The van der Waals surface area contributed by atoms with Gasteiger partial charge in [0, 0.05) is 13.1 Å². The molecule has 0 bridgehead atoms. The van der Waals surface area contributed by atoms with Crippen LogP contribution in [-0.4, -0.2) is 42.1 Å². The van der Waals surface area contributed by atoms with E-state index in [4.69, 9.17) is 4.74 Å². The minimum absolute atomic E-state index is 0.701. The molecule has 0 saturated heterocycles. The van der Waals surface area contributed by atoms with E-state index in [1.165, 1.54) is 5.57 Å². The van der Waals surface area contributed by atoms with Crippen LogP contribution in [0.25, 0.3) is 5.57 Å². The summed E-state index contributed by atoms with van der Waals surface area (Å²) in [6.07, 6.45) is 6.62. The molecule has 80 valence electrons. The summed E-state index contributed by atoms with van der Waals surface area (Å²) in [4.78, 5) is 10.8. The normalized spacial score (nSPS) is 17.3. The van der Waals surface area contributed by atoms with Gasteiger partial charge in [-0.05, 0) is 19.0 Å². The van der Waals surface area contributed by atoms with Gasteiger partial charge in [-0.2, -0.15) is 0 Å². The smallest absolute Gasteiger partial charge is 0.155 e. The summed E-state index contributed by atoms with van der Waals surface area (Å²) in [5, 5.41) is 0. The Hall–Kier alpha value is -1.42. The SMILES string of the molecule is COc1cnc(C2=CCN(C)CC2)nc1. The largest absolute Gasteiger partial charge is 0.494 e. The summed E-state index contributed by atoms with van der Waals surface area (Å²) >= 11 is 0. The molecule has 0 saturated carbocycles. The first-order chi connectivity index (χ1) is 7.29. The Morgan fingerprint density at radius 1 is 1.33 bits per heavy atom. The topological polar surface area (TPSA) is 38.2 Å². The van der Waals surface area contributed by atoms with Gasteiger partial charge in [0.15, 0.2) is 11.6 Å². The highest BCUT2D eigenvalue weighted by molar-refractivity contribution is 5.60. The van der Waals surface area contributed by atoms with E-state index in [9.17, 15) is 0 Å². The molecule has 0 spiro atoms. The van der Waals surface area contributed by atoms with E-state index >= 15 is 0 Å². The Bertz CT molecular complexity index is 359. The molecule has 15 heavy (non-hydrogen) atoms. The zero-order valence-electron chi connectivity index (χ0n) is 9.10. The third-order valence-corrected chi connectivity index (χ3v) is 2.56. The van der Waals surface area contributed by atoms with E-state index in [0.29, 0.717) is 5.75 Å². The van der Waals surface area contributed by atoms with Gasteiger partial charge in [-0.3, -0.25) is 0 Å². The highest BCUT2D eigenvalue weighted by atomic mass is 16.5. The second-order valence-corrected chi connectivity index (χ2v) is 3.69. The lowest BCUT2D eigenvalue weighted by atomic mass is 10.1. The molecule has 0 unspecified atom stereocenters. The average molecular weight is 205 g/mol. The summed E-state index contributed by atoms with van der Waals surface area (Å²) in [6, 6.07) is 0. The first-order valence-corrected chi connectivity index (χ1v) is 5.03. The molecule has 0 radical (unpaired) electrons. The van der Waals surface area contributed by atoms with Gasteiger partial charge >= 0.3 is 0 Å². The average Bonchev–Trinajstić information content (AvgIpc) is 2.30. The molecule has 1 aromatic heterocycles. The molecule has 0 amide bonds. The fourth-order valence-corrected chi connectivity index (χ4v) is 1.56. The molecule has 0 fully saturated rings. The lowest BCUT2D eigenvalue weighted by Gasteiger charge is -2.20. The van der Waals surface area contributed by atoms with Crippen molar-refractivity contribution in [1.82, 2.24) is 14.9 Å². The van der Waals surface area contributed by atoms with E-state index in [-0.39, 0.29) is 0 Å². The van der Waals surface area contributed by atoms with Crippen LogP contribution in [0.15, 0.2) is 18.5 Å². The number of aromatic nitrogens is 2. The van der Waals surface area contributed by atoms with Crippen LogP contribution in [0.5, 0.6) is 5.75 Å². The van der Waals surface area contributed by atoms with Crippen molar-refractivity contribution in [3.8, 4) is 5.75 Å². The van der Waals surface area contributed by atoms with Crippen molar-refractivity contribution in [3.05, 3.63) is 24.3 Å². The number of nitrogens with zero attached hydrogens (tertiary/aromatic N) is 3. The van der Waals surface area contributed by atoms with Gasteiger partial charge in [-0.15, -0.1) is 0 Å². The summed E-state index contributed by atoms with van der Waals surface area (Å²) in [5.41, 5.74) is 1.23. The van der Waals surface area contributed by atoms with Crippen LogP contribution in [0.2, 0.25) is 0 Å². The number of ether oxygens (including phenoxy) is 1. The predicted octanol–water partition coefficient (Wildman–Crippen LogP) is 1.20. The van der Waals surface area contributed by atoms with E-state index in [0.717, 1.165) is 25.3 Å². The summed E-state index contributed by atoms with van der Waals surface area (Å²) in [6.45, 7) is 2.05. The van der Waals surface area contributed by atoms with E-state index < -0.39 is 0 Å². The fourth-order valence-electron chi connectivity index (χ4n) is 1.56. The van der Waals surface area contributed by atoms with Crippen molar-refractivity contribution in [3.63, 3.8) is 0 Å². The maximum absolute atomic E-state index is 5.02.